The van der Waals surface area contributed by atoms with E-state index in [1.54, 1.807) is 11.2 Å². The summed E-state index contributed by atoms with van der Waals surface area (Å²) in [5, 5.41) is 0. The smallest absolute Gasteiger partial charge is 0.243 e. The summed E-state index contributed by atoms with van der Waals surface area (Å²) in [6, 6.07) is 1.98. The fourth-order valence-electron chi connectivity index (χ4n) is 3.08. The highest BCUT2D eigenvalue weighted by atomic mass is 32.2. The van der Waals surface area contributed by atoms with E-state index >= 15 is 0 Å². The van der Waals surface area contributed by atoms with Crippen LogP contribution in [0.1, 0.15) is 42.9 Å². The van der Waals surface area contributed by atoms with Crippen LogP contribution in [0.4, 0.5) is 5.69 Å². The van der Waals surface area contributed by atoms with E-state index < -0.39 is 10.0 Å². The lowest BCUT2D eigenvalue weighted by molar-refractivity contribution is 0.379. The van der Waals surface area contributed by atoms with Crippen molar-refractivity contribution in [2.24, 2.45) is 0 Å². The van der Waals surface area contributed by atoms with Crippen LogP contribution >= 0.6 is 0 Å². The normalized spacial score (nSPS) is 20.5. The molecule has 20 heavy (non-hydrogen) atoms. The van der Waals surface area contributed by atoms with E-state index in [9.17, 15) is 8.42 Å². The molecule has 0 bridgehead atoms. The van der Waals surface area contributed by atoms with Crippen molar-refractivity contribution < 1.29 is 8.42 Å². The van der Waals surface area contributed by atoms with Crippen LogP contribution in [0.25, 0.3) is 0 Å². The van der Waals surface area contributed by atoms with Crippen molar-refractivity contribution in [3.63, 3.8) is 0 Å². The summed E-state index contributed by atoms with van der Waals surface area (Å²) in [5.41, 5.74) is 8.95. The Labute approximate surface area is 122 Å². The molecule has 1 aliphatic rings. The van der Waals surface area contributed by atoms with Gasteiger partial charge in [-0.25, -0.2) is 8.42 Å². The maximum absolute atomic E-state index is 13.0. The monoisotopic (exact) mass is 296 g/mol. The summed E-state index contributed by atoms with van der Waals surface area (Å²) in [4.78, 5) is 0.412. The number of anilines is 1. The molecule has 1 atom stereocenters. The molecular weight excluding hydrogens is 272 g/mol. The molecule has 0 radical (unpaired) electrons. The first-order valence-corrected chi connectivity index (χ1v) is 8.62. The standard InChI is InChI=1S/C15H24N2O2S/c1-5-13-7-6-8-17(13)20(18,19)15-11(3)10(2)9-14(16)12(15)4/h9,13H,5-8,16H2,1-4H3. The SMILES string of the molecule is CCC1CCCN1S(=O)(=O)c1c(C)c(C)cc(N)c1C. The van der Waals surface area contributed by atoms with Crippen LogP contribution in [-0.4, -0.2) is 25.3 Å². The second-order valence-corrected chi connectivity index (χ2v) is 7.51. The fourth-order valence-corrected chi connectivity index (χ4v) is 5.38. The predicted octanol–water partition coefficient (Wildman–Crippen LogP) is 2.76. The Bertz CT molecular complexity index is 597. The molecule has 1 saturated heterocycles. The Hall–Kier alpha value is -1.07. The Morgan fingerprint density at radius 1 is 1.30 bits per heavy atom. The minimum atomic E-state index is -3.45. The predicted molar refractivity (Wildman–Crippen MR) is 82.3 cm³/mol. The molecule has 2 N–H and O–H groups in total. The molecule has 5 heteroatoms. The van der Waals surface area contributed by atoms with Gasteiger partial charge in [0.05, 0.1) is 4.90 Å². The lowest BCUT2D eigenvalue weighted by atomic mass is 10.1. The molecule has 0 saturated carbocycles. The average Bonchev–Trinajstić information content (AvgIpc) is 2.85. The van der Waals surface area contributed by atoms with Gasteiger partial charge in [-0.15, -0.1) is 0 Å². The summed E-state index contributed by atoms with van der Waals surface area (Å²) < 4.78 is 27.7. The second-order valence-electron chi connectivity index (χ2n) is 5.68. The molecule has 1 aliphatic heterocycles. The maximum Gasteiger partial charge on any atom is 0.243 e. The van der Waals surface area contributed by atoms with Crippen LogP contribution in [-0.2, 0) is 10.0 Å². The molecule has 4 nitrogen and oxygen atoms in total. The Kier molecular flexibility index (Phi) is 4.12. The number of aryl methyl sites for hydroxylation is 1. The van der Waals surface area contributed by atoms with E-state index in [0.717, 1.165) is 30.4 Å². The van der Waals surface area contributed by atoms with Gasteiger partial charge in [0, 0.05) is 18.3 Å². The molecule has 1 aromatic carbocycles. The first-order valence-electron chi connectivity index (χ1n) is 7.18. The molecule has 1 aromatic rings. The van der Waals surface area contributed by atoms with Crippen LogP contribution < -0.4 is 5.73 Å². The van der Waals surface area contributed by atoms with Gasteiger partial charge in [-0.2, -0.15) is 4.31 Å². The Morgan fingerprint density at radius 2 is 1.95 bits per heavy atom. The molecule has 1 fully saturated rings. The van der Waals surface area contributed by atoms with Crippen molar-refractivity contribution in [2.45, 2.75) is 57.9 Å². The number of hydrogen-bond donors (Lipinski definition) is 1. The average molecular weight is 296 g/mol. The fraction of sp³-hybridized carbons (Fsp3) is 0.600. The Balaban J connectivity index is 2.61. The summed E-state index contributed by atoms with van der Waals surface area (Å²) in [6.07, 6.45) is 2.75. The van der Waals surface area contributed by atoms with Crippen molar-refractivity contribution in [3.8, 4) is 0 Å². The molecule has 0 spiro atoms. The van der Waals surface area contributed by atoms with E-state index in [1.165, 1.54) is 0 Å². The van der Waals surface area contributed by atoms with Crippen LogP contribution in [0.2, 0.25) is 0 Å². The van der Waals surface area contributed by atoms with Crippen molar-refractivity contribution in [2.75, 3.05) is 12.3 Å². The second kappa shape index (κ2) is 5.37. The van der Waals surface area contributed by atoms with Gasteiger partial charge in [-0.1, -0.05) is 6.92 Å². The van der Waals surface area contributed by atoms with E-state index in [-0.39, 0.29) is 6.04 Å². The topological polar surface area (TPSA) is 63.4 Å². The maximum atomic E-state index is 13.0. The molecule has 0 aromatic heterocycles. The van der Waals surface area contributed by atoms with Crippen LogP contribution in [0.3, 0.4) is 0 Å². The summed E-state index contributed by atoms with van der Waals surface area (Å²) in [6.45, 7) is 8.24. The van der Waals surface area contributed by atoms with Gasteiger partial charge in [0.1, 0.15) is 0 Å². The summed E-state index contributed by atoms with van der Waals surface area (Å²) >= 11 is 0. The van der Waals surface area contributed by atoms with Crippen LogP contribution in [0, 0.1) is 20.8 Å². The number of nitrogens with zero attached hydrogens (tertiary/aromatic N) is 1. The molecule has 0 amide bonds. The number of rotatable bonds is 3. The highest BCUT2D eigenvalue weighted by Gasteiger charge is 2.36. The molecule has 0 aliphatic carbocycles. The third-order valence-corrected chi connectivity index (χ3v) is 6.67. The zero-order valence-corrected chi connectivity index (χ0v) is 13.5. The van der Waals surface area contributed by atoms with Crippen LogP contribution in [0.15, 0.2) is 11.0 Å². The molecular formula is C15H24N2O2S. The highest BCUT2D eigenvalue weighted by Crippen LogP contribution is 2.34. The summed E-state index contributed by atoms with van der Waals surface area (Å²) in [5.74, 6) is 0. The minimum Gasteiger partial charge on any atom is -0.398 e. The number of hydrogen-bond acceptors (Lipinski definition) is 3. The molecule has 2 rings (SSSR count). The summed E-state index contributed by atoms with van der Waals surface area (Å²) in [7, 11) is -3.45. The number of nitrogen functional groups attached to an aromatic ring is 1. The Morgan fingerprint density at radius 3 is 2.55 bits per heavy atom. The van der Waals surface area contributed by atoms with Gasteiger partial charge in [0.2, 0.25) is 10.0 Å². The largest absolute Gasteiger partial charge is 0.398 e. The lowest BCUT2D eigenvalue weighted by Gasteiger charge is -2.26. The van der Waals surface area contributed by atoms with Gasteiger partial charge in [0.15, 0.2) is 0 Å². The van der Waals surface area contributed by atoms with Crippen molar-refractivity contribution >= 4 is 15.7 Å². The van der Waals surface area contributed by atoms with Gasteiger partial charge in [0.25, 0.3) is 0 Å². The van der Waals surface area contributed by atoms with Crippen molar-refractivity contribution in [1.29, 1.82) is 0 Å². The molecule has 112 valence electrons. The lowest BCUT2D eigenvalue weighted by Crippen LogP contribution is -2.36. The number of benzene rings is 1. The first kappa shape index (κ1) is 15.3. The van der Waals surface area contributed by atoms with E-state index in [4.69, 9.17) is 5.73 Å². The van der Waals surface area contributed by atoms with Crippen LogP contribution in [0.5, 0.6) is 0 Å². The molecule has 1 heterocycles. The van der Waals surface area contributed by atoms with Gasteiger partial charge >= 0.3 is 0 Å². The third-order valence-electron chi connectivity index (χ3n) is 4.44. The van der Waals surface area contributed by atoms with E-state index in [0.29, 0.717) is 22.7 Å². The number of sulfonamides is 1. The van der Waals surface area contributed by atoms with Gasteiger partial charge in [-0.3, -0.25) is 0 Å². The quantitative estimate of drug-likeness (QED) is 0.872. The van der Waals surface area contributed by atoms with Gasteiger partial charge < -0.3 is 5.73 Å². The third kappa shape index (κ3) is 2.33. The highest BCUT2D eigenvalue weighted by molar-refractivity contribution is 7.89. The number of nitrogens with two attached hydrogens (primary N) is 1. The van der Waals surface area contributed by atoms with Crippen molar-refractivity contribution in [3.05, 3.63) is 22.8 Å². The van der Waals surface area contributed by atoms with Crippen molar-refractivity contribution in [1.82, 2.24) is 4.31 Å². The first-order chi connectivity index (χ1) is 9.30. The van der Waals surface area contributed by atoms with Gasteiger partial charge in [-0.05, 0) is 62.8 Å². The van der Waals surface area contributed by atoms with E-state index in [1.807, 2.05) is 26.8 Å². The van der Waals surface area contributed by atoms with E-state index in [2.05, 4.69) is 0 Å². The zero-order valence-electron chi connectivity index (χ0n) is 12.7. The zero-order chi connectivity index (χ0) is 15.1. The molecule has 1 unspecified atom stereocenters. The minimum absolute atomic E-state index is 0.125.